The standard InChI is InChI=1S/C14H18N2O3/c17-13-12(8-4-5-9-15-13)16-14(18)19-10-11-6-2-1-3-7-11/h1-3,6-7,12H,4-5,8-10H2,(H,15,17)(H,16,18)/t12-/m0/s1. The van der Waals surface area contributed by atoms with E-state index >= 15 is 0 Å². The smallest absolute Gasteiger partial charge is 0.408 e. The van der Waals surface area contributed by atoms with Crippen LogP contribution in [0.4, 0.5) is 4.79 Å². The topological polar surface area (TPSA) is 67.4 Å². The van der Waals surface area contributed by atoms with Gasteiger partial charge in [-0.15, -0.1) is 0 Å². The van der Waals surface area contributed by atoms with E-state index < -0.39 is 12.1 Å². The fourth-order valence-corrected chi connectivity index (χ4v) is 1.98. The zero-order valence-electron chi connectivity index (χ0n) is 10.7. The van der Waals surface area contributed by atoms with Gasteiger partial charge in [0.2, 0.25) is 5.91 Å². The molecule has 0 aliphatic carbocycles. The third kappa shape index (κ3) is 4.28. The molecule has 1 aromatic rings. The second-order valence-electron chi connectivity index (χ2n) is 4.55. The first kappa shape index (κ1) is 13.4. The van der Waals surface area contributed by atoms with Crippen molar-refractivity contribution in [3.05, 3.63) is 35.9 Å². The van der Waals surface area contributed by atoms with Crippen LogP contribution in [-0.2, 0) is 16.1 Å². The SMILES string of the molecule is O=C(N[C@H]1CCCCNC1=O)OCc1ccccc1. The Morgan fingerprint density at radius 1 is 1.32 bits per heavy atom. The summed E-state index contributed by atoms with van der Waals surface area (Å²) in [6.45, 7) is 0.886. The molecule has 1 fully saturated rings. The lowest BCUT2D eigenvalue weighted by atomic mass is 10.1. The average molecular weight is 262 g/mol. The van der Waals surface area contributed by atoms with E-state index in [1.165, 1.54) is 0 Å². The molecule has 5 nitrogen and oxygen atoms in total. The van der Waals surface area contributed by atoms with Crippen LogP contribution >= 0.6 is 0 Å². The predicted molar refractivity (Wildman–Crippen MR) is 70.4 cm³/mol. The molecule has 0 spiro atoms. The van der Waals surface area contributed by atoms with Crippen LogP contribution in [0.5, 0.6) is 0 Å². The maximum Gasteiger partial charge on any atom is 0.408 e. The molecule has 1 saturated heterocycles. The summed E-state index contributed by atoms with van der Waals surface area (Å²) in [4.78, 5) is 23.3. The van der Waals surface area contributed by atoms with Crippen molar-refractivity contribution in [3.8, 4) is 0 Å². The van der Waals surface area contributed by atoms with Crippen molar-refractivity contribution in [3.63, 3.8) is 0 Å². The van der Waals surface area contributed by atoms with E-state index in [1.54, 1.807) is 0 Å². The Hall–Kier alpha value is -2.04. The van der Waals surface area contributed by atoms with E-state index in [0.29, 0.717) is 13.0 Å². The molecule has 1 aliphatic rings. The van der Waals surface area contributed by atoms with E-state index in [4.69, 9.17) is 4.74 Å². The van der Waals surface area contributed by atoms with Gasteiger partial charge in [-0.2, -0.15) is 0 Å². The minimum atomic E-state index is -0.550. The van der Waals surface area contributed by atoms with Crippen molar-refractivity contribution in [2.24, 2.45) is 0 Å². The fourth-order valence-electron chi connectivity index (χ4n) is 1.98. The molecule has 0 saturated carbocycles. The Bertz CT molecular complexity index is 434. The first-order valence-corrected chi connectivity index (χ1v) is 6.50. The first-order valence-electron chi connectivity index (χ1n) is 6.50. The number of carbonyl (C=O) groups is 2. The number of rotatable bonds is 3. The van der Waals surface area contributed by atoms with Gasteiger partial charge in [0.15, 0.2) is 0 Å². The second kappa shape index (κ2) is 6.78. The monoisotopic (exact) mass is 262 g/mol. The number of hydrogen-bond acceptors (Lipinski definition) is 3. The highest BCUT2D eigenvalue weighted by Crippen LogP contribution is 2.06. The van der Waals surface area contributed by atoms with Gasteiger partial charge in [-0.3, -0.25) is 4.79 Å². The molecule has 2 rings (SSSR count). The number of nitrogens with one attached hydrogen (secondary N) is 2. The molecule has 1 aliphatic heterocycles. The van der Waals surface area contributed by atoms with Gasteiger partial charge in [0.1, 0.15) is 12.6 Å². The average Bonchev–Trinajstić information content (AvgIpc) is 2.63. The summed E-state index contributed by atoms with van der Waals surface area (Å²) in [5, 5.41) is 5.37. The van der Waals surface area contributed by atoms with E-state index in [9.17, 15) is 9.59 Å². The molecule has 0 aromatic heterocycles. The number of benzene rings is 1. The minimum Gasteiger partial charge on any atom is -0.445 e. The lowest BCUT2D eigenvalue weighted by molar-refractivity contribution is -0.122. The minimum absolute atomic E-state index is 0.130. The van der Waals surface area contributed by atoms with Gasteiger partial charge >= 0.3 is 6.09 Å². The summed E-state index contributed by atoms with van der Waals surface area (Å²) in [6, 6.07) is 8.95. The van der Waals surface area contributed by atoms with Crippen molar-refractivity contribution in [2.45, 2.75) is 31.9 Å². The van der Waals surface area contributed by atoms with Gasteiger partial charge < -0.3 is 15.4 Å². The first-order chi connectivity index (χ1) is 9.25. The molecule has 0 radical (unpaired) electrons. The Labute approximate surface area is 112 Å². The largest absolute Gasteiger partial charge is 0.445 e. The quantitative estimate of drug-likeness (QED) is 0.869. The molecule has 5 heteroatoms. The molecule has 2 N–H and O–H groups in total. The van der Waals surface area contributed by atoms with Gasteiger partial charge in [-0.1, -0.05) is 30.3 Å². The van der Waals surface area contributed by atoms with Crippen LogP contribution in [0.3, 0.4) is 0 Å². The van der Waals surface area contributed by atoms with E-state index in [2.05, 4.69) is 10.6 Å². The summed E-state index contributed by atoms with van der Waals surface area (Å²) in [7, 11) is 0. The molecule has 102 valence electrons. The summed E-state index contributed by atoms with van der Waals surface area (Å²) >= 11 is 0. The lowest BCUT2D eigenvalue weighted by Crippen LogP contribution is -2.45. The number of ether oxygens (including phenoxy) is 1. The highest BCUT2D eigenvalue weighted by Gasteiger charge is 2.22. The van der Waals surface area contributed by atoms with E-state index in [-0.39, 0.29) is 12.5 Å². The third-order valence-corrected chi connectivity index (χ3v) is 3.04. The molecule has 0 unspecified atom stereocenters. The van der Waals surface area contributed by atoms with Gasteiger partial charge in [-0.05, 0) is 24.8 Å². The van der Waals surface area contributed by atoms with Crippen LogP contribution < -0.4 is 10.6 Å². The molecular formula is C14H18N2O3. The van der Waals surface area contributed by atoms with Crippen LogP contribution in [0.1, 0.15) is 24.8 Å². The van der Waals surface area contributed by atoms with Crippen LogP contribution in [-0.4, -0.2) is 24.6 Å². The van der Waals surface area contributed by atoms with Gasteiger partial charge in [-0.25, -0.2) is 4.79 Å². The molecule has 2 amide bonds. The van der Waals surface area contributed by atoms with Crippen molar-refractivity contribution in [1.29, 1.82) is 0 Å². The van der Waals surface area contributed by atoms with Crippen LogP contribution in [0.25, 0.3) is 0 Å². The zero-order chi connectivity index (χ0) is 13.5. The van der Waals surface area contributed by atoms with Crippen molar-refractivity contribution in [1.82, 2.24) is 10.6 Å². The predicted octanol–water partition coefficient (Wildman–Crippen LogP) is 1.58. The zero-order valence-corrected chi connectivity index (χ0v) is 10.7. The number of hydrogen-bond donors (Lipinski definition) is 2. The highest BCUT2D eigenvalue weighted by atomic mass is 16.5. The summed E-state index contributed by atoms with van der Waals surface area (Å²) in [6.07, 6.45) is 1.98. The third-order valence-electron chi connectivity index (χ3n) is 3.04. The van der Waals surface area contributed by atoms with Crippen molar-refractivity contribution < 1.29 is 14.3 Å². The number of carbonyl (C=O) groups excluding carboxylic acids is 2. The maximum absolute atomic E-state index is 11.6. The maximum atomic E-state index is 11.6. The number of alkyl carbamates (subject to hydrolysis) is 1. The van der Waals surface area contributed by atoms with Gasteiger partial charge in [0, 0.05) is 6.54 Å². The van der Waals surface area contributed by atoms with Gasteiger partial charge in [0.25, 0.3) is 0 Å². The summed E-state index contributed by atoms with van der Waals surface area (Å²) < 4.78 is 5.09. The molecule has 19 heavy (non-hydrogen) atoms. The second-order valence-corrected chi connectivity index (χ2v) is 4.55. The van der Waals surface area contributed by atoms with E-state index in [1.807, 2.05) is 30.3 Å². The molecular weight excluding hydrogens is 244 g/mol. The fraction of sp³-hybridized carbons (Fsp3) is 0.429. The highest BCUT2D eigenvalue weighted by molar-refractivity contribution is 5.85. The normalized spacial score (nSPS) is 19.2. The van der Waals surface area contributed by atoms with Gasteiger partial charge in [0.05, 0.1) is 0 Å². The summed E-state index contributed by atoms with van der Waals surface area (Å²) in [5.41, 5.74) is 0.919. The number of amides is 2. The Morgan fingerprint density at radius 3 is 2.89 bits per heavy atom. The Kier molecular flexibility index (Phi) is 4.78. The van der Waals surface area contributed by atoms with Crippen LogP contribution in [0.2, 0.25) is 0 Å². The van der Waals surface area contributed by atoms with Crippen LogP contribution in [0.15, 0.2) is 30.3 Å². The molecule has 0 bridgehead atoms. The lowest BCUT2D eigenvalue weighted by Gasteiger charge is -2.15. The van der Waals surface area contributed by atoms with Crippen molar-refractivity contribution in [2.75, 3.05) is 6.54 Å². The Morgan fingerprint density at radius 2 is 2.11 bits per heavy atom. The molecule has 1 heterocycles. The van der Waals surface area contributed by atoms with Crippen molar-refractivity contribution >= 4 is 12.0 Å². The van der Waals surface area contributed by atoms with Crippen LogP contribution in [0, 0.1) is 0 Å². The summed E-state index contributed by atoms with van der Waals surface area (Å²) in [5.74, 6) is -0.130. The van der Waals surface area contributed by atoms with E-state index in [0.717, 1.165) is 18.4 Å². The Balaban J connectivity index is 1.79. The molecule has 1 atom stereocenters. The molecule has 1 aromatic carbocycles.